The molecule has 0 spiro atoms. The van der Waals surface area contributed by atoms with Crippen molar-refractivity contribution in [3.05, 3.63) is 21.5 Å². The molecule has 8 nitrogen and oxygen atoms in total. The van der Waals surface area contributed by atoms with Gasteiger partial charge in [-0.15, -0.1) is 0 Å². The first kappa shape index (κ1) is 19.1. The summed E-state index contributed by atoms with van der Waals surface area (Å²) in [5.74, 6) is -0.414. The van der Waals surface area contributed by atoms with Crippen LogP contribution >= 0.6 is 0 Å². The summed E-state index contributed by atoms with van der Waals surface area (Å²) in [6.45, 7) is 10.4. The Morgan fingerprint density at radius 1 is 1.39 bits per heavy atom. The number of nitrogens with one attached hydrogen (secondary N) is 1. The molecule has 0 saturated heterocycles. The quantitative estimate of drug-likeness (QED) is 0.425. The number of hydrogen-bond donors (Lipinski definition) is 1. The predicted molar refractivity (Wildman–Crippen MR) is 86.2 cm³/mol. The molecule has 1 N–H and O–H groups in total. The van der Waals surface area contributed by atoms with Crippen molar-refractivity contribution in [1.29, 1.82) is 0 Å². The molecule has 0 saturated carbocycles. The number of aromatic nitrogens is 2. The van der Waals surface area contributed by atoms with Gasteiger partial charge in [-0.1, -0.05) is 6.92 Å². The van der Waals surface area contributed by atoms with E-state index < -0.39 is 4.92 Å². The minimum atomic E-state index is -0.437. The molecule has 23 heavy (non-hydrogen) atoms. The summed E-state index contributed by atoms with van der Waals surface area (Å²) in [5, 5.41) is 18.0. The Labute approximate surface area is 136 Å². The maximum Gasteiger partial charge on any atom is 0.312 e. The minimum Gasteiger partial charge on any atom is -0.379 e. The van der Waals surface area contributed by atoms with Gasteiger partial charge in [0.05, 0.1) is 23.5 Å². The molecule has 0 aliphatic carbocycles. The van der Waals surface area contributed by atoms with E-state index in [1.807, 2.05) is 13.8 Å². The van der Waals surface area contributed by atoms with Gasteiger partial charge in [0, 0.05) is 13.2 Å². The van der Waals surface area contributed by atoms with E-state index in [1.165, 1.54) is 4.68 Å². The Morgan fingerprint density at radius 3 is 2.57 bits per heavy atom. The standard InChI is InChI=1S/C15H26N4O4/c1-10(2)23-8-6-7-16-15(20)11(3)9-18-13(5)14(19(21)22)12(4)17-18/h10-11H,6-9H2,1-5H3,(H,16,20). The lowest BCUT2D eigenvalue weighted by molar-refractivity contribution is -0.386. The highest BCUT2D eigenvalue weighted by atomic mass is 16.6. The van der Waals surface area contributed by atoms with Gasteiger partial charge in [-0.25, -0.2) is 0 Å². The van der Waals surface area contributed by atoms with Crippen LogP contribution in [0.1, 0.15) is 38.6 Å². The number of amides is 1. The summed E-state index contributed by atoms with van der Waals surface area (Å²) >= 11 is 0. The Morgan fingerprint density at radius 2 is 2.04 bits per heavy atom. The summed E-state index contributed by atoms with van der Waals surface area (Å²) in [7, 11) is 0. The molecule has 0 fully saturated rings. The molecule has 1 amide bonds. The average Bonchev–Trinajstić information content (AvgIpc) is 2.72. The fourth-order valence-corrected chi connectivity index (χ4v) is 2.25. The maximum absolute atomic E-state index is 12.1. The first-order chi connectivity index (χ1) is 10.7. The van der Waals surface area contributed by atoms with Crippen LogP contribution < -0.4 is 5.32 Å². The van der Waals surface area contributed by atoms with Crippen LogP contribution in [0.15, 0.2) is 0 Å². The molecule has 1 aromatic heterocycles. The topological polar surface area (TPSA) is 99.3 Å². The molecule has 1 atom stereocenters. The van der Waals surface area contributed by atoms with Crippen molar-refractivity contribution in [2.75, 3.05) is 13.2 Å². The highest BCUT2D eigenvalue weighted by molar-refractivity contribution is 5.78. The fourth-order valence-electron chi connectivity index (χ4n) is 2.25. The van der Waals surface area contributed by atoms with Crippen molar-refractivity contribution < 1.29 is 14.5 Å². The number of nitro groups is 1. The van der Waals surface area contributed by atoms with E-state index in [2.05, 4.69) is 10.4 Å². The minimum absolute atomic E-state index is 0.0171. The van der Waals surface area contributed by atoms with Gasteiger partial charge < -0.3 is 10.1 Å². The van der Waals surface area contributed by atoms with E-state index in [0.29, 0.717) is 31.1 Å². The van der Waals surface area contributed by atoms with Crippen LogP contribution in [0.2, 0.25) is 0 Å². The normalized spacial score (nSPS) is 12.4. The number of rotatable bonds is 9. The summed E-state index contributed by atoms with van der Waals surface area (Å²) in [4.78, 5) is 22.6. The molecule has 0 aromatic carbocycles. The monoisotopic (exact) mass is 326 g/mol. The molecule has 1 heterocycles. The molecule has 130 valence electrons. The van der Waals surface area contributed by atoms with Gasteiger partial charge in [-0.3, -0.25) is 19.6 Å². The Bertz CT molecular complexity index is 554. The SMILES string of the molecule is Cc1nn(CC(C)C(=O)NCCCOC(C)C)c(C)c1[N+](=O)[O-]. The van der Waals surface area contributed by atoms with E-state index in [4.69, 9.17) is 4.74 Å². The first-order valence-corrected chi connectivity index (χ1v) is 7.81. The smallest absolute Gasteiger partial charge is 0.312 e. The van der Waals surface area contributed by atoms with Crippen molar-refractivity contribution >= 4 is 11.6 Å². The lowest BCUT2D eigenvalue weighted by atomic mass is 10.1. The number of aryl methyl sites for hydroxylation is 1. The van der Waals surface area contributed by atoms with Crippen molar-refractivity contribution in [3.8, 4) is 0 Å². The summed E-state index contributed by atoms with van der Waals surface area (Å²) in [6.07, 6.45) is 0.939. The van der Waals surface area contributed by atoms with E-state index in [-0.39, 0.29) is 23.6 Å². The average molecular weight is 326 g/mol. The van der Waals surface area contributed by atoms with Gasteiger partial charge >= 0.3 is 5.69 Å². The van der Waals surface area contributed by atoms with E-state index >= 15 is 0 Å². The summed E-state index contributed by atoms with van der Waals surface area (Å²) in [5.41, 5.74) is 0.854. The van der Waals surface area contributed by atoms with Crippen molar-refractivity contribution in [3.63, 3.8) is 0 Å². The van der Waals surface area contributed by atoms with E-state index in [1.54, 1.807) is 20.8 Å². The molecule has 0 aliphatic heterocycles. The number of ether oxygens (including phenoxy) is 1. The molecule has 1 unspecified atom stereocenters. The van der Waals surface area contributed by atoms with Crippen LogP contribution in [0.5, 0.6) is 0 Å². The Balaban J connectivity index is 2.49. The second kappa shape index (κ2) is 8.61. The third-order valence-electron chi connectivity index (χ3n) is 3.49. The second-order valence-electron chi connectivity index (χ2n) is 5.92. The highest BCUT2D eigenvalue weighted by Crippen LogP contribution is 2.22. The number of carbonyl (C=O) groups excluding carboxylic acids is 1. The van der Waals surface area contributed by atoms with E-state index in [9.17, 15) is 14.9 Å². The van der Waals surface area contributed by atoms with Crippen LogP contribution in [0, 0.1) is 29.9 Å². The molecule has 0 radical (unpaired) electrons. The highest BCUT2D eigenvalue weighted by Gasteiger charge is 2.23. The Hall–Kier alpha value is -1.96. The Kier molecular flexibility index (Phi) is 7.15. The van der Waals surface area contributed by atoms with Crippen molar-refractivity contribution in [1.82, 2.24) is 15.1 Å². The number of carbonyl (C=O) groups is 1. The lowest BCUT2D eigenvalue weighted by Gasteiger charge is -2.13. The fraction of sp³-hybridized carbons (Fsp3) is 0.733. The first-order valence-electron chi connectivity index (χ1n) is 7.81. The lowest BCUT2D eigenvalue weighted by Crippen LogP contribution is -2.33. The van der Waals surface area contributed by atoms with Gasteiger partial charge in [0.25, 0.3) is 0 Å². The van der Waals surface area contributed by atoms with Crippen LogP contribution in [-0.2, 0) is 16.1 Å². The molecule has 0 aliphatic rings. The van der Waals surface area contributed by atoms with Gasteiger partial charge in [-0.05, 0) is 34.1 Å². The summed E-state index contributed by atoms with van der Waals surface area (Å²) < 4.78 is 6.93. The summed E-state index contributed by atoms with van der Waals surface area (Å²) in [6, 6.07) is 0. The van der Waals surface area contributed by atoms with Gasteiger partial charge in [0.1, 0.15) is 11.4 Å². The van der Waals surface area contributed by atoms with Crippen LogP contribution in [-0.4, -0.2) is 39.9 Å². The second-order valence-corrected chi connectivity index (χ2v) is 5.92. The molecular formula is C15H26N4O4. The van der Waals surface area contributed by atoms with Crippen LogP contribution in [0.3, 0.4) is 0 Å². The molecule has 1 rings (SSSR count). The number of nitrogens with zero attached hydrogens (tertiary/aromatic N) is 3. The molecule has 1 aromatic rings. The zero-order chi connectivity index (χ0) is 17.6. The van der Waals surface area contributed by atoms with E-state index in [0.717, 1.165) is 6.42 Å². The maximum atomic E-state index is 12.1. The third-order valence-corrected chi connectivity index (χ3v) is 3.49. The molecule has 0 bridgehead atoms. The van der Waals surface area contributed by atoms with Crippen molar-refractivity contribution in [2.45, 2.75) is 53.7 Å². The predicted octanol–water partition coefficient (Wildman–Crippen LogP) is 1.98. The van der Waals surface area contributed by atoms with Crippen LogP contribution in [0.25, 0.3) is 0 Å². The van der Waals surface area contributed by atoms with Gasteiger partial charge in [-0.2, -0.15) is 5.10 Å². The van der Waals surface area contributed by atoms with Crippen molar-refractivity contribution in [2.24, 2.45) is 5.92 Å². The third kappa shape index (κ3) is 5.63. The van der Waals surface area contributed by atoms with Gasteiger partial charge in [0.2, 0.25) is 5.91 Å². The molecular weight excluding hydrogens is 300 g/mol. The number of hydrogen-bond acceptors (Lipinski definition) is 5. The van der Waals surface area contributed by atoms with Crippen LogP contribution in [0.4, 0.5) is 5.69 Å². The van der Waals surface area contributed by atoms with Gasteiger partial charge in [0.15, 0.2) is 0 Å². The zero-order valence-corrected chi connectivity index (χ0v) is 14.5. The largest absolute Gasteiger partial charge is 0.379 e. The zero-order valence-electron chi connectivity index (χ0n) is 14.5. The molecule has 8 heteroatoms.